The number of furan rings is 1. The van der Waals surface area contributed by atoms with Crippen LogP contribution in [0.5, 0.6) is 0 Å². The van der Waals surface area contributed by atoms with Crippen LogP contribution in [-0.2, 0) is 11.3 Å². The maximum Gasteiger partial charge on any atom is 0.267 e. The van der Waals surface area contributed by atoms with Crippen molar-refractivity contribution in [1.82, 2.24) is 14.7 Å². The maximum absolute atomic E-state index is 13.8. The first kappa shape index (κ1) is 30.4. The summed E-state index contributed by atoms with van der Waals surface area (Å²) in [6.45, 7) is 7.35. The smallest absolute Gasteiger partial charge is 0.267 e. The van der Waals surface area contributed by atoms with Gasteiger partial charge in [-0.15, -0.1) is 5.10 Å². The molecule has 2 atom stereocenters. The van der Waals surface area contributed by atoms with Crippen LogP contribution in [0, 0.1) is 16.7 Å². The number of benzene rings is 3. The van der Waals surface area contributed by atoms with Crippen LogP contribution in [0.3, 0.4) is 0 Å². The van der Waals surface area contributed by atoms with Crippen LogP contribution < -0.4 is 0 Å². The van der Waals surface area contributed by atoms with Crippen molar-refractivity contribution < 1.29 is 9.21 Å². The normalized spacial score (nSPS) is 24.1. The summed E-state index contributed by atoms with van der Waals surface area (Å²) in [6.07, 6.45) is 6.91. The van der Waals surface area contributed by atoms with Crippen molar-refractivity contribution in [1.29, 1.82) is 0 Å². The maximum atomic E-state index is 13.8. The lowest BCUT2D eigenvalue weighted by molar-refractivity contribution is -0.122. The molecule has 3 heterocycles. The molecule has 3 aromatic carbocycles. The van der Waals surface area contributed by atoms with Gasteiger partial charge in [-0.05, 0) is 84.3 Å². The molecule has 7 nitrogen and oxygen atoms in total. The molecule has 3 fully saturated rings. The molecule has 240 valence electrons. The molecule has 3 aliphatic rings. The topological polar surface area (TPSA) is 76.0 Å². The van der Waals surface area contributed by atoms with Gasteiger partial charge in [0.2, 0.25) is 0 Å². The zero-order valence-electron chi connectivity index (χ0n) is 27.3. The molecule has 1 aliphatic heterocycles. The second-order valence-corrected chi connectivity index (χ2v) is 14.7. The van der Waals surface area contributed by atoms with Crippen LogP contribution in [-0.4, -0.2) is 31.5 Å². The molecular weight excluding hydrogens is 615 g/mol. The Kier molecular flexibility index (Phi) is 7.56. The molecule has 2 unspecified atom stereocenters. The molecule has 1 amide bonds. The lowest BCUT2D eigenvalue weighted by atomic mass is 9.70. The molecule has 2 aliphatic carbocycles. The highest BCUT2D eigenvalue weighted by Gasteiger charge is 2.60. The van der Waals surface area contributed by atoms with Crippen molar-refractivity contribution in [2.24, 2.45) is 27.0 Å². The van der Waals surface area contributed by atoms with Crippen molar-refractivity contribution in [3.05, 3.63) is 126 Å². The molecule has 8 heteroatoms. The highest BCUT2D eigenvalue weighted by molar-refractivity contribution is 8.18. The zero-order chi connectivity index (χ0) is 32.9. The summed E-state index contributed by atoms with van der Waals surface area (Å²) in [7, 11) is 0. The zero-order valence-corrected chi connectivity index (χ0v) is 28.2. The molecular formula is C40H37N5O2S. The first-order valence-corrected chi connectivity index (χ1v) is 17.3. The first-order chi connectivity index (χ1) is 23.3. The van der Waals surface area contributed by atoms with Crippen LogP contribution in [0.25, 0.3) is 34.3 Å². The monoisotopic (exact) mass is 651 g/mol. The predicted octanol–water partition coefficient (Wildman–Crippen LogP) is 9.47. The van der Waals surface area contributed by atoms with Crippen molar-refractivity contribution in [3.63, 3.8) is 0 Å². The van der Waals surface area contributed by atoms with E-state index in [4.69, 9.17) is 19.7 Å². The second kappa shape index (κ2) is 11.9. The van der Waals surface area contributed by atoms with E-state index in [1.807, 2.05) is 83.6 Å². The van der Waals surface area contributed by atoms with E-state index >= 15 is 0 Å². The average Bonchev–Trinajstić information content (AvgIpc) is 3.92. The number of amidine groups is 1. The standard InChI is InChI=1S/C40H37N5O2S/c1-39(2)30-20-21-40(39,3)36(24-30)41-42-38-44(26-32-15-10-22-47-32)37(46)35(48-38)23-27-16-18-31(19-17-27)45-34(29-13-8-5-9-14-29)25-33(43-45)28-11-6-4-7-12-28/h4-19,22-23,25,30H,20-21,24,26H2,1-3H3/b35-23-,41-36+,42-38+. The molecule has 0 radical (unpaired) electrons. The minimum atomic E-state index is -0.107. The van der Waals surface area contributed by atoms with E-state index in [-0.39, 0.29) is 16.7 Å². The number of amides is 1. The third-order valence-electron chi connectivity index (χ3n) is 10.8. The van der Waals surface area contributed by atoms with Crippen molar-refractivity contribution in [2.75, 3.05) is 0 Å². The number of rotatable bonds is 7. The third-order valence-corrected chi connectivity index (χ3v) is 11.8. The van der Waals surface area contributed by atoms with Gasteiger partial charge in [0.1, 0.15) is 5.76 Å². The predicted molar refractivity (Wildman–Crippen MR) is 193 cm³/mol. The van der Waals surface area contributed by atoms with E-state index in [0.29, 0.717) is 28.3 Å². The summed E-state index contributed by atoms with van der Waals surface area (Å²) < 4.78 is 7.59. The number of carbonyl (C=O) groups excluding carboxylic acids is 1. The number of aromatic nitrogens is 2. The summed E-state index contributed by atoms with van der Waals surface area (Å²) >= 11 is 1.37. The summed E-state index contributed by atoms with van der Waals surface area (Å²) in [4.78, 5) is 16.1. The van der Waals surface area contributed by atoms with E-state index < -0.39 is 0 Å². The molecule has 0 spiro atoms. The Morgan fingerprint density at radius 1 is 0.917 bits per heavy atom. The van der Waals surface area contributed by atoms with Crippen molar-refractivity contribution in [3.8, 4) is 28.2 Å². The fourth-order valence-corrected chi connectivity index (χ4v) is 8.40. The van der Waals surface area contributed by atoms with Gasteiger partial charge in [-0.25, -0.2) is 4.68 Å². The minimum Gasteiger partial charge on any atom is -0.467 e. The van der Waals surface area contributed by atoms with Crippen LogP contribution in [0.15, 0.2) is 129 Å². The van der Waals surface area contributed by atoms with Crippen LogP contribution in [0.2, 0.25) is 0 Å². The lowest BCUT2D eigenvalue weighted by Crippen LogP contribution is -2.32. The number of fused-ring (bicyclic) bond motifs is 2. The first-order valence-electron chi connectivity index (χ1n) is 16.5. The highest BCUT2D eigenvalue weighted by atomic mass is 32.2. The Labute approximate surface area is 285 Å². The summed E-state index contributed by atoms with van der Waals surface area (Å²) in [5, 5.41) is 15.2. The van der Waals surface area contributed by atoms with E-state index in [1.54, 1.807) is 11.2 Å². The van der Waals surface area contributed by atoms with E-state index in [2.05, 4.69) is 51.1 Å². The largest absolute Gasteiger partial charge is 0.467 e. The van der Waals surface area contributed by atoms with Crippen LogP contribution >= 0.6 is 11.8 Å². The number of carbonyl (C=O) groups is 1. The van der Waals surface area contributed by atoms with Crippen molar-refractivity contribution in [2.45, 2.75) is 46.6 Å². The van der Waals surface area contributed by atoms with Gasteiger partial charge < -0.3 is 4.42 Å². The van der Waals surface area contributed by atoms with E-state index in [1.165, 1.54) is 18.2 Å². The molecule has 8 rings (SSSR count). The highest BCUT2D eigenvalue weighted by Crippen LogP contribution is 2.64. The number of hydrogen-bond acceptors (Lipinski definition) is 6. The van der Waals surface area contributed by atoms with Crippen molar-refractivity contribution >= 4 is 34.6 Å². The number of thioether (sulfide) groups is 1. The quantitative estimate of drug-likeness (QED) is 0.130. The summed E-state index contributed by atoms with van der Waals surface area (Å²) in [6, 6.07) is 34.5. The third kappa shape index (κ3) is 5.24. The van der Waals surface area contributed by atoms with Gasteiger partial charge >= 0.3 is 0 Å². The van der Waals surface area contributed by atoms with E-state index in [9.17, 15) is 4.79 Å². The molecule has 1 saturated heterocycles. The molecule has 5 aromatic rings. The van der Waals surface area contributed by atoms with Gasteiger partial charge in [-0.2, -0.15) is 10.2 Å². The van der Waals surface area contributed by atoms with Crippen LogP contribution in [0.4, 0.5) is 0 Å². The van der Waals surface area contributed by atoms with Gasteiger partial charge in [0.05, 0.1) is 34.8 Å². The Balaban J connectivity index is 1.10. The van der Waals surface area contributed by atoms with Gasteiger partial charge in [-0.1, -0.05) is 93.6 Å². The van der Waals surface area contributed by atoms with Gasteiger partial charge in [0.25, 0.3) is 5.91 Å². The Morgan fingerprint density at radius 3 is 2.29 bits per heavy atom. The lowest BCUT2D eigenvalue weighted by Gasteiger charge is -2.34. The van der Waals surface area contributed by atoms with Gasteiger partial charge in [0, 0.05) is 22.3 Å². The summed E-state index contributed by atoms with van der Waals surface area (Å²) in [5.74, 6) is 1.23. The SMILES string of the molecule is CC12CCC(C/C1=N\N=C1\S/C(=C\c3ccc(-n4nc(-c5ccccc5)cc4-c4ccccc4)cc3)C(=O)N1Cc1ccco1)C2(C)C. The molecule has 2 bridgehead atoms. The fraction of sp³-hybridized carbons (Fsp3) is 0.250. The molecule has 0 N–H and O–H groups in total. The average molecular weight is 652 g/mol. The van der Waals surface area contributed by atoms with Gasteiger partial charge in [-0.3, -0.25) is 9.69 Å². The number of hydrogen-bond donors (Lipinski definition) is 0. The Hall–Kier alpha value is -4.95. The molecule has 2 aromatic heterocycles. The second-order valence-electron chi connectivity index (χ2n) is 13.7. The Morgan fingerprint density at radius 2 is 1.65 bits per heavy atom. The van der Waals surface area contributed by atoms with Crippen LogP contribution in [0.1, 0.15) is 51.4 Å². The molecule has 48 heavy (non-hydrogen) atoms. The van der Waals surface area contributed by atoms with Gasteiger partial charge in [0.15, 0.2) is 5.17 Å². The summed E-state index contributed by atoms with van der Waals surface area (Å²) in [5.41, 5.74) is 7.30. The molecule has 2 saturated carbocycles. The fourth-order valence-electron chi connectivity index (χ4n) is 7.47. The van der Waals surface area contributed by atoms with E-state index in [0.717, 1.165) is 52.3 Å². The Bertz CT molecular complexity index is 2060. The number of nitrogens with zero attached hydrogens (tertiary/aromatic N) is 5. The minimum absolute atomic E-state index is 0.0398.